The monoisotopic (exact) mass is 313 g/mol. The Morgan fingerprint density at radius 2 is 1.71 bits per heavy atom. The standard InChI is InChI=1S/C15H11ClF3NO/c16-7-1-2-14-9(3-7)13(20)6-15(21-14)8-4-11(18)12(19)5-10(8)17/h1-5,13,15H,6,20H2/t13-,15?/m1/s1. The minimum Gasteiger partial charge on any atom is -0.485 e. The van der Waals surface area contributed by atoms with Crippen molar-refractivity contribution in [3.05, 3.63) is 63.9 Å². The SMILES string of the molecule is N[C@@H]1CC(c2cc(F)c(F)cc2F)Oc2ccc(Cl)cc21. The van der Waals surface area contributed by atoms with E-state index in [1.807, 2.05) is 0 Å². The van der Waals surface area contributed by atoms with Crippen LogP contribution in [-0.2, 0) is 0 Å². The number of hydrogen-bond acceptors (Lipinski definition) is 2. The lowest BCUT2D eigenvalue weighted by Crippen LogP contribution is -2.25. The molecule has 0 radical (unpaired) electrons. The lowest BCUT2D eigenvalue weighted by Gasteiger charge is -2.30. The van der Waals surface area contributed by atoms with Crippen LogP contribution in [-0.4, -0.2) is 0 Å². The summed E-state index contributed by atoms with van der Waals surface area (Å²) in [6, 6.07) is 5.82. The summed E-state index contributed by atoms with van der Waals surface area (Å²) in [5.74, 6) is -2.75. The van der Waals surface area contributed by atoms with Crippen molar-refractivity contribution >= 4 is 11.6 Å². The van der Waals surface area contributed by atoms with E-state index in [2.05, 4.69) is 0 Å². The number of benzene rings is 2. The van der Waals surface area contributed by atoms with Gasteiger partial charge in [-0.1, -0.05) is 11.6 Å². The number of hydrogen-bond donors (Lipinski definition) is 1. The van der Waals surface area contributed by atoms with Gasteiger partial charge in [-0.25, -0.2) is 13.2 Å². The zero-order valence-corrected chi connectivity index (χ0v) is 11.5. The molecule has 1 heterocycles. The molecular weight excluding hydrogens is 303 g/mol. The predicted octanol–water partition coefficient (Wildman–Crippen LogP) is 4.28. The molecule has 2 aromatic rings. The van der Waals surface area contributed by atoms with Gasteiger partial charge in [-0.15, -0.1) is 0 Å². The maximum absolute atomic E-state index is 13.8. The Morgan fingerprint density at radius 1 is 1.00 bits per heavy atom. The average molecular weight is 314 g/mol. The number of nitrogens with two attached hydrogens (primary N) is 1. The highest BCUT2D eigenvalue weighted by Gasteiger charge is 2.30. The smallest absolute Gasteiger partial charge is 0.161 e. The van der Waals surface area contributed by atoms with Crippen molar-refractivity contribution in [3.8, 4) is 5.75 Å². The fourth-order valence-corrected chi connectivity index (χ4v) is 2.63. The third-order valence-corrected chi connectivity index (χ3v) is 3.73. The van der Waals surface area contributed by atoms with Gasteiger partial charge in [-0.05, 0) is 24.3 Å². The van der Waals surface area contributed by atoms with E-state index in [1.54, 1.807) is 18.2 Å². The minimum atomic E-state index is -1.23. The Labute approximate surface area is 124 Å². The highest BCUT2D eigenvalue weighted by Crippen LogP contribution is 2.41. The van der Waals surface area contributed by atoms with Crippen LogP contribution in [0.5, 0.6) is 5.75 Å². The molecule has 0 fully saturated rings. The molecule has 0 saturated carbocycles. The summed E-state index contributed by atoms with van der Waals surface area (Å²) in [4.78, 5) is 0. The normalized spacial score (nSPS) is 20.8. The quantitative estimate of drug-likeness (QED) is 0.798. The van der Waals surface area contributed by atoms with E-state index in [1.165, 1.54) is 0 Å². The molecule has 1 aliphatic heterocycles. The number of fused-ring (bicyclic) bond motifs is 1. The van der Waals surface area contributed by atoms with Gasteiger partial charge in [0.2, 0.25) is 0 Å². The first-order chi connectivity index (χ1) is 9.95. The largest absolute Gasteiger partial charge is 0.485 e. The molecule has 2 nitrogen and oxygen atoms in total. The van der Waals surface area contributed by atoms with Gasteiger partial charge in [-0.2, -0.15) is 0 Å². The Kier molecular flexibility index (Phi) is 3.55. The van der Waals surface area contributed by atoms with E-state index in [9.17, 15) is 13.2 Å². The van der Waals surface area contributed by atoms with Crippen molar-refractivity contribution in [2.75, 3.05) is 0 Å². The summed E-state index contributed by atoms with van der Waals surface area (Å²) >= 11 is 5.90. The second-order valence-corrected chi connectivity index (χ2v) is 5.36. The number of halogens is 4. The van der Waals surface area contributed by atoms with Gasteiger partial charge in [0.15, 0.2) is 11.6 Å². The first-order valence-corrected chi connectivity index (χ1v) is 6.69. The molecule has 1 aliphatic rings. The molecule has 0 bridgehead atoms. The number of ether oxygens (including phenoxy) is 1. The zero-order chi connectivity index (χ0) is 15.1. The number of rotatable bonds is 1. The highest BCUT2D eigenvalue weighted by atomic mass is 35.5. The molecule has 2 aromatic carbocycles. The van der Waals surface area contributed by atoms with Crippen LogP contribution in [0.1, 0.15) is 29.7 Å². The van der Waals surface area contributed by atoms with Gasteiger partial charge in [-0.3, -0.25) is 0 Å². The van der Waals surface area contributed by atoms with Crippen LogP contribution in [0.2, 0.25) is 5.02 Å². The van der Waals surface area contributed by atoms with E-state index < -0.39 is 29.6 Å². The first-order valence-electron chi connectivity index (χ1n) is 6.32. The lowest BCUT2D eigenvalue weighted by molar-refractivity contribution is 0.156. The summed E-state index contributed by atoms with van der Waals surface area (Å²) in [6.45, 7) is 0. The predicted molar refractivity (Wildman–Crippen MR) is 72.7 cm³/mol. The van der Waals surface area contributed by atoms with E-state index in [-0.39, 0.29) is 12.0 Å². The fraction of sp³-hybridized carbons (Fsp3) is 0.200. The summed E-state index contributed by atoms with van der Waals surface area (Å²) in [7, 11) is 0. The van der Waals surface area contributed by atoms with Crippen LogP contribution in [0.4, 0.5) is 13.2 Å². The Hall–Kier alpha value is -1.72. The van der Waals surface area contributed by atoms with Gasteiger partial charge < -0.3 is 10.5 Å². The topological polar surface area (TPSA) is 35.2 Å². The average Bonchev–Trinajstić information content (AvgIpc) is 2.43. The van der Waals surface area contributed by atoms with Crippen LogP contribution in [0.3, 0.4) is 0 Å². The van der Waals surface area contributed by atoms with Gasteiger partial charge in [0.05, 0.1) is 0 Å². The van der Waals surface area contributed by atoms with Crippen LogP contribution in [0.15, 0.2) is 30.3 Å². The Morgan fingerprint density at radius 3 is 2.48 bits per heavy atom. The minimum absolute atomic E-state index is 0.0510. The van der Waals surface area contributed by atoms with Crippen molar-refractivity contribution in [2.24, 2.45) is 5.73 Å². The van der Waals surface area contributed by atoms with E-state index in [0.717, 1.165) is 6.07 Å². The molecule has 6 heteroatoms. The van der Waals surface area contributed by atoms with E-state index in [4.69, 9.17) is 22.1 Å². The summed E-state index contributed by atoms with van der Waals surface area (Å²) < 4.78 is 45.8. The van der Waals surface area contributed by atoms with Gasteiger partial charge >= 0.3 is 0 Å². The van der Waals surface area contributed by atoms with Crippen molar-refractivity contribution < 1.29 is 17.9 Å². The van der Waals surface area contributed by atoms with Gasteiger partial charge in [0.1, 0.15) is 17.7 Å². The molecule has 0 aromatic heterocycles. The molecule has 0 spiro atoms. The first kappa shape index (κ1) is 14.2. The molecule has 0 amide bonds. The van der Waals surface area contributed by atoms with Crippen LogP contribution in [0, 0.1) is 17.5 Å². The highest BCUT2D eigenvalue weighted by molar-refractivity contribution is 6.30. The van der Waals surface area contributed by atoms with E-state index in [0.29, 0.717) is 22.4 Å². The molecule has 1 unspecified atom stereocenters. The summed E-state index contributed by atoms with van der Waals surface area (Å²) in [5.41, 5.74) is 6.69. The third kappa shape index (κ3) is 2.59. The second kappa shape index (κ2) is 5.24. The maximum Gasteiger partial charge on any atom is 0.161 e. The molecule has 0 saturated heterocycles. The fourth-order valence-electron chi connectivity index (χ4n) is 2.45. The molecule has 2 atom stereocenters. The third-order valence-electron chi connectivity index (χ3n) is 3.50. The lowest BCUT2D eigenvalue weighted by atomic mass is 9.93. The maximum atomic E-state index is 13.8. The van der Waals surface area contributed by atoms with Gasteiger partial charge in [0, 0.05) is 34.7 Å². The molecule has 110 valence electrons. The summed E-state index contributed by atoms with van der Waals surface area (Å²) in [6.07, 6.45) is -0.529. The summed E-state index contributed by atoms with van der Waals surface area (Å²) in [5, 5.41) is 0.519. The zero-order valence-electron chi connectivity index (χ0n) is 10.7. The second-order valence-electron chi connectivity index (χ2n) is 4.92. The van der Waals surface area contributed by atoms with Crippen molar-refractivity contribution in [1.82, 2.24) is 0 Å². The van der Waals surface area contributed by atoms with E-state index >= 15 is 0 Å². The Bertz CT molecular complexity index is 708. The van der Waals surface area contributed by atoms with Gasteiger partial charge in [0.25, 0.3) is 0 Å². The van der Waals surface area contributed by atoms with Crippen molar-refractivity contribution in [3.63, 3.8) is 0 Å². The van der Waals surface area contributed by atoms with Crippen molar-refractivity contribution in [2.45, 2.75) is 18.6 Å². The molecule has 3 rings (SSSR count). The molecular formula is C15H11ClF3NO. The molecule has 2 N–H and O–H groups in total. The van der Waals surface area contributed by atoms with Crippen LogP contribution < -0.4 is 10.5 Å². The molecule has 21 heavy (non-hydrogen) atoms. The van der Waals surface area contributed by atoms with Crippen LogP contribution in [0.25, 0.3) is 0 Å². The van der Waals surface area contributed by atoms with Crippen molar-refractivity contribution in [1.29, 1.82) is 0 Å². The Balaban J connectivity index is 1.99. The molecule has 0 aliphatic carbocycles. The van der Waals surface area contributed by atoms with Crippen LogP contribution >= 0.6 is 11.6 Å².